The fourth-order valence-electron chi connectivity index (χ4n) is 2.83. The van der Waals surface area contributed by atoms with Crippen LogP contribution in [0.25, 0.3) is 0 Å². The van der Waals surface area contributed by atoms with E-state index in [-0.39, 0.29) is 18.4 Å². The normalized spacial score (nSPS) is 18.5. The van der Waals surface area contributed by atoms with Crippen LogP contribution in [0, 0.1) is 5.92 Å². The molecule has 7 nitrogen and oxygen atoms in total. The first-order valence-corrected chi connectivity index (χ1v) is 8.59. The Bertz CT molecular complexity index is 783. The third-order valence-electron chi connectivity index (χ3n) is 4.24. The third kappa shape index (κ3) is 4.30. The maximum absolute atomic E-state index is 12.4. The van der Waals surface area contributed by atoms with Crippen LogP contribution in [-0.4, -0.2) is 40.0 Å². The molecule has 1 aromatic heterocycles. The van der Waals surface area contributed by atoms with Crippen molar-refractivity contribution in [2.75, 3.05) is 6.54 Å². The van der Waals surface area contributed by atoms with Crippen LogP contribution in [0.2, 0.25) is 0 Å². The lowest BCUT2D eigenvalue weighted by Crippen LogP contribution is -2.46. The number of allylic oxidation sites excluding steroid dienone is 3. The van der Waals surface area contributed by atoms with Crippen molar-refractivity contribution >= 4 is 23.6 Å². The molecule has 0 bridgehead atoms. The number of hydrogen-bond acceptors (Lipinski definition) is 4. The van der Waals surface area contributed by atoms with Crippen LogP contribution in [-0.2, 0) is 16.1 Å². The number of aromatic nitrogens is 1. The van der Waals surface area contributed by atoms with Gasteiger partial charge in [-0.3, -0.25) is 19.5 Å². The SMILES string of the molecule is O=C(CCCCN1C(=O)N=C2C=CC=CC2C1=O)NCc1cccnc1. The molecule has 1 aliphatic heterocycles. The van der Waals surface area contributed by atoms with Gasteiger partial charge in [0.05, 0.1) is 11.6 Å². The highest BCUT2D eigenvalue weighted by atomic mass is 16.2. The molecule has 1 unspecified atom stereocenters. The molecule has 0 saturated heterocycles. The first kappa shape index (κ1) is 17.7. The Balaban J connectivity index is 1.41. The quantitative estimate of drug-likeness (QED) is 0.760. The highest BCUT2D eigenvalue weighted by molar-refractivity contribution is 6.21. The Hall–Kier alpha value is -3.09. The van der Waals surface area contributed by atoms with Crippen LogP contribution >= 0.6 is 0 Å². The highest BCUT2D eigenvalue weighted by Gasteiger charge is 2.35. The molecule has 134 valence electrons. The topological polar surface area (TPSA) is 91.7 Å². The summed E-state index contributed by atoms with van der Waals surface area (Å²) in [5, 5.41) is 2.83. The Morgan fingerprint density at radius 3 is 2.92 bits per heavy atom. The molecule has 0 spiro atoms. The number of pyridine rings is 1. The molecule has 2 aliphatic rings. The summed E-state index contributed by atoms with van der Waals surface area (Å²) in [7, 11) is 0. The zero-order chi connectivity index (χ0) is 18.4. The summed E-state index contributed by atoms with van der Waals surface area (Å²) in [6.45, 7) is 0.715. The molecule has 1 aliphatic carbocycles. The predicted octanol–water partition coefficient (Wildman–Crippen LogP) is 2.01. The number of nitrogens with one attached hydrogen (secondary N) is 1. The maximum Gasteiger partial charge on any atom is 0.350 e. The number of nitrogens with zero attached hydrogens (tertiary/aromatic N) is 3. The second-order valence-electron chi connectivity index (χ2n) is 6.13. The number of aliphatic imine (C=N–C) groups is 1. The van der Waals surface area contributed by atoms with Crippen molar-refractivity contribution in [3.63, 3.8) is 0 Å². The second-order valence-corrected chi connectivity index (χ2v) is 6.13. The number of rotatable bonds is 7. The summed E-state index contributed by atoms with van der Waals surface area (Å²) in [5.41, 5.74) is 1.43. The van der Waals surface area contributed by atoms with Gasteiger partial charge in [0.25, 0.3) is 0 Å². The number of carbonyl (C=O) groups is 3. The molecule has 3 rings (SSSR count). The molecule has 1 N–H and O–H groups in total. The molecule has 4 amide bonds. The highest BCUT2D eigenvalue weighted by Crippen LogP contribution is 2.20. The molecule has 26 heavy (non-hydrogen) atoms. The molecular weight excluding hydrogens is 332 g/mol. The Morgan fingerprint density at radius 2 is 2.12 bits per heavy atom. The van der Waals surface area contributed by atoms with Crippen molar-refractivity contribution in [3.8, 4) is 0 Å². The van der Waals surface area contributed by atoms with E-state index in [4.69, 9.17) is 0 Å². The van der Waals surface area contributed by atoms with Crippen LogP contribution in [0.15, 0.2) is 53.8 Å². The van der Waals surface area contributed by atoms with Crippen molar-refractivity contribution in [3.05, 3.63) is 54.4 Å². The van der Waals surface area contributed by atoms with Gasteiger partial charge >= 0.3 is 6.03 Å². The van der Waals surface area contributed by atoms with Crippen LogP contribution in [0.4, 0.5) is 4.79 Å². The third-order valence-corrected chi connectivity index (χ3v) is 4.24. The van der Waals surface area contributed by atoms with E-state index in [0.717, 1.165) is 5.56 Å². The van der Waals surface area contributed by atoms with E-state index in [1.54, 1.807) is 36.7 Å². The largest absolute Gasteiger partial charge is 0.352 e. The fourth-order valence-corrected chi connectivity index (χ4v) is 2.83. The average Bonchev–Trinajstić information content (AvgIpc) is 2.66. The van der Waals surface area contributed by atoms with Gasteiger partial charge < -0.3 is 5.32 Å². The number of unbranched alkanes of at least 4 members (excludes halogenated alkanes) is 1. The number of amides is 4. The number of carbonyl (C=O) groups excluding carboxylic acids is 3. The maximum atomic E-state index is 12.4. The standard InChI is InChI=1S/C19H20N4O3/c24-17(21-13-14-6-5-10-20-12-14)9-3-4-11-23-18(25)15-7-1-2-8-16(15)22-19(23)26/h1-2,5-8,10,12,15H,3-4,9,11,13H2,(H,21,24). The van der Waals surface area contributed by atoms with E-state index in [1.165, 1.54) is 4.90 Å². The van der Waals surface area contributed by atoms with Gasteiger partial charge in [-0.25, -0.2) is 4.79 Å². The molecule has 0 aromatic carbocycles. The van der Waals surface area contributed by atoms with E-state index in [0.29, 0.717) is 31.5 Å². The number of urea groups is 1. The van der Waals surface area contributed by atoms with Crippen molar-refractivity contribution in [1.82, 2.24) is 15.2 Å². The van der Waals surface area contributed by atoms with E-state index >= 15 is 0 Å². The second kappa shape index (κ2) is 8.33. The number of imide groups is 1. The molecule has 0 radical (unpaired) electrons. The summed E-state index contributed by atoms with van der Waals surface area (Å²) in [5.74, 6) is -0.784. The molecule has 1 aromatic rings. The lowest BCUT2D eigenvalue weighted by atomic mass is 9.95. The molecule has 1 atom stereocenters. The van der Waals surface area contributed by atoms with Crippen molar-refractivity contribution in [1.29, 1.82) is 0 Å². The minimum absolute atomic E-state index is 0.0641. The molecule has 0 fully saturated rings. The Labute approximate surface area is 151 Å². The van der Waals surface area contributed by atoms with E-state index in [2.05, 4.69) is 15.3 Å². The van der Waals surface area contributed by atoms with Gasteiger partial charge in [-0.1, -0.05) is 24.3 Å². The molecule has 7 heteroatoms. The number of hydrogen-bond donors (Lipinski definition) is 1. The fraction of sp³-hybridized carbons (Fsp3) is 0.316. The van der Waals surface area contributed by atoms with Gasteiger partial charge in [0.2, 0.25) is 11.8 Å². The van der Waals surface area contributed by atoms with E-state index in [9.17, 15) is 14.4 Å². The summed E-state index contributed by atoms with van der Waals surface area (Å²) in [4.78, 5) is 45.4. The first-order valence-electron chi connectivity index (χ1n) is 8.59. The lowest BCUT2D eigenvalue weighted by Gasteiger charge is -2.28. The average molecular weight is 352 g/mol. The molecule has 0 saturated carbocycles. The van der Waals surface area contributed by atoms with Crippen LogP contribution in [0.5, 0.6) is 0 Å². The van der Waals surface area contributed by atoms with Gasteiger partial charge in [-0.2, -0.15) is 4.99 Å². The Morgan fingerprint density at radius 1 is 1.23 bits per heavy atom. The summed E-state index contributed by atoms with van der Waals surface area (Å²) >= 11 is 0. The first-order chi connectivity index (χ1) is 12.6. The lowest BCUT2D eigenvalue weighted by molar-refractivity contribution is -0.129. The van der Waals surface area contributed by atoms with Gasteiger partial charge in [0, 0.05) is 31.9 Å². The van der Waals surface area contributed by atoms with Crippen LogP contribution in [0.3, 0.4) is 0 Å². The zero-order valence-electron chi connectivity index (χ0n) is 14.3. The van der Waals surface area contributed by atoms with Crippen LogP contribution in [0.1, 0.15) is 24.8 Å². The van der Waals surface area contributed by atoms with E-state index < -0.39 is 11.9 Å². The minimum Gasteiger partial charge on any atom is -0.352 e. The van der Waals surface area contributed by atoms with Crippen molar-refractivity contribution in [2.24, 2.45) is 10.9 Å². The summed E-state index contributed by atoms with van der Waals surface area (Å²) in [6.07, 6.45) is 11.9. The smallest absolute Gasteiger partial charge is 0.350 e. The molecular formula is C19H20N4O3. The van der Waals surface area contributed by atoms with Crippen molar-refractivity contribution < 1.29 is 14.4 Å². The Kier molecular flexibility index (Phi) is 5.68. The van der Waals surface area contributed by atoms with Gasteiger partial charge in [-0.15, -0.1) is 0 Å². The van der Waals surface area contributed by atoms with Gasteiger partial charge in [0.1, 0.15) is 0 Å². The van der Waals surface area contributed by atoms with Gasteiger partial charge in [-0.05, 0) is 30.5 Å². The van der Waals surface area contributed by atoms with Crippen molar-refractivity contribution in [2.45, 2.75) is 25.8 Å². The monoisotopic (exact) mass is 352 g/mol. The number of fused-ring (bicyclic) bond motifs is 1. The minimum atomic E-state index is -0.526. The van der Waals surface area contributed by atoms with Gasteiger partial charge in [0.15, 0.2) is 0 Å². The summed E-state index contributed by atoms with van der Waals surface area (Å²) in [6, 6.07) is 3.19. The van der Waals surface area contributed by atoms with Crippen LogP contribution < -0.4 is 5.32 Å². The predicted molar refractivity (Wildman–Crippen MR) is 96.2 cm³/mol. The summed E-state index contributed by atoms with van der Waals surface area (Å²) < 4.78 is 0. The molecule has 2 heterocycles. The zero-order valence-corrected chi connectivity index (χ0v) is 14.3. The van der Waals surface area contributed by atoms with E-state index in [1.807, 2.05) is 12.1 Å².